The predicted molar refractivity (Wildman–Crippen MR) is 57.8 cm³/mol. The molecular formula is C9H17NO3S. The van der Waals surface area contributed by atoms with Gasteiger partial charge >= 0.3 is 5.97 Å². The van der Waals surface area contributed by atoms with E-state index in [-0.39, 0.29) is 6.04 Å². The summed E-state index contributed by atoms with van der Waals surface area (Å²) in [5.41, 5.74) is 0. The van der Waals surface area contributed by atoms with Crippen molar-refractivity contribution in [3.8, 4) is 0 Å². The zero-order chi connectivity index (χ0) is 11.0. The molecule has 0 saturated heterocycles. The molecule has 2 unspecified atom stereocenters. The minimum atomic E-state index is -0.936. The Hall–Kier alpha value is -0.680. The van der Waals surface area contributed by atoms with Crippen molar-refractivity contribution in [2.75, 3.05) is 18.6 Å². The monoisotopic (exact) mass is 219 g/mol. The third kappa shape index (κ3) is 9.41. The first-order valence-electron chi connectivity index (χ1n) is 4.45. The molecule has 0 radical (unpaired) electrons. The minimum Gasteiger partial charge on any atom is -0.478 e. The molecule has 0 aromatic heterocycles. The first kappa shape index (κ1) is 13.3. The van der Waals surface area contributed by atoms with E-state index in [9.17, 15) is 9.00 Å². The standard InChI is InChI=1S/C9H17NO3S/c1-8(5-7-14(2)13)10-6-3-4-9(11)12/h3-4,8,10H,5-7H2,1-2H3,(H,11,12)/b4-3+. The van der Waals surface area contributed by atoms with Gasteiger partial charge in [0.15, 0.2) is 0 Å². The lowest BCUT2D eigenvalue weighted by Gasteiger charge is -2.10. The molecule has 4 nitrogen and oxygen atoms in total. The van der Waals surface area contributed by atoms with E-state index in [0.717, 1.165) is 12.5 Å². The number of carbonyl (C=O) groups is 1. The topological polar surface area (TPSA) is 66.4 Å². The Bertz CT molecular complexity index is 228. The van der Waals surface area contributed by atoms with Gasteiger partial charge in [-0.3, -0.25) is 4.21 Å². The Morgan fingerprint density at radius 1 is 1.64 bits per heavy atom. The molecule has 0 aliphatic carbocycles. The molecule has 0 rings (SSSR count). The van der Waals surface area contributed by atoms with E-state index in [1.165, 1.54) is 0 Å². The number of hydrogen-bond acceptors (Lipinski definition) is 3. The Morgan fingerprint density at radius 3 is 2.79 bits per heavy atom. The van der Waals surface area contributed by atoms with Gasteiger partial charge in [0.05, 0.1) is 0 Å². The Morgan fingerprint density at radius 2 is 2.29 bits per heavy atom. The summed E-state index contributed by atoms with van der Waals surface area (Å²) in [6, 6.07) is 0.261. The van der Waals surface area contributed by atoms with Gasteiger partial charge in [0.25, 0.3) is 0 Å². The zero-order valence-electron chi connectivity index (χ0n) is 8.53. The fourth-order valence-corrected chi connectivity index (χ4v) is 1.56. The minimum absolute atomic E-state index is 0.261. The molecule has 0 aromatic rings. The molecule has 0 amide bonds. The molecule has 0 aliphatic heterocycles. The molecule has 82 valence electrons. The number of nitrogens with one attached hydrogen (secondary N) is 1. The lowest BCUT2D eigenvalue weighted by atomic mass is 10.2. The molecule has 0 spiro atoms. The van der Waals surface area contributed by atoms with Gasteiger partial charge in [0, 0.05) is 41.5 Å². The summed E-state index contributed by atoms with van der Waals surface area (Å²) < 4.78 is 10.8. The first-order valence-corrected chi connectivity index (χ1v) is 6.18. The van der Waals surface area contributed by atoms with Crippen LogP contribution in [0.2, 0.25) is 0 Å². The highest BCUT2D eigenvalue weighted by Gasteiger charge is 2.00. The van der Waals surface area contributed by atoms with Gasteiger partial charge in [0.1, 0.15) is 0 Å². The maximum absolute atomic E-state index is 10.8. The fourth-order valence-electron chi connectivity index (χ4n) is 0.874. The molecule has 0 aromatic carbocycles. The first-order chi connectivity index (χ1) is 6.52. The van der Waals surface area contributed by atoms with E-state index in [1.54, 1.807) is 12.3 Å². The van der Waals surface area contributed by atoms with Crippen LogP contribution in [0.4, 0.5) is 0 Å². The van der Waals surface area contributed by atoms with Crippen LogP contribution >= 0.6 is 0 Å². The van der Waals surface area contributed by atoms with Crippen LogP contribution in [0.3, 0.4) is 0 Å². The smallest absolute Gasteiger partial charge is 0.328 e. The molecule has 5 heteroatoms. The Balaban J connectivity index is 3.49. The number of carboxylic acid groups (broad SMARTS) is 1. The van der Waals surface area contributed by atoms with Crippen molar-refractivity contribution < 1.29 is 14.1 Å². The Kier molecular flexibility index (Phi) is 7.32. The number of aliphatic carboxylic acids is 1. The summed E-state index contributed by atoms with van der Waals surface area (Å²) in [7, 11) is -0.753. The van der Waals surface area contributed by atoms with Crippen LogP contribution in [0.15, 0.2) is 12.2 Å². The molecule has 2 N–H and O–H groups in total. The van der Waals surface area contributed by atoms with Gasteiger partial charge in [0.2, 0.25) is 0 Å². The summed E-state index contributed by atoms with van der Waals surface area (Å²) >= 11 is 0. The van der Waals surface area contributed by atoms with Crippen LogP contribution in [0, 0.1) is 0 Å². The van der Waals surface area contributed by atoms with E-state index in [4.69, 9.17) is 5.11 Å². The van der Waals surface area contributed by atoms with Gasteiger partial charge in [-0.1, -0.05) is 6.08 Å². The Labute approximate surface area is 86.8 Å². The quantitative estimate of drug-likeness (QED) is 0.607. The van der Waals surface area contributed by atoms with Gasteiger partial charge in [-0.15, -0.1) is 0 Å². The lowest BCUT2D eigenvalue weighted by Crippen LogP contribution is -2.27. The van der Waals surface area contributed by atoms with Gasteiger partial charge in [-0.2, -0.15) is 0 Å². The molecule has 0 aliphatic rings. The molecule has 2 atom stereocenters. The van der Waals surface area contributed by atoms with Crippen molar-refractivity contribution in [2.45, 2.75) is 19.4 Å². The highest BCUT2D eigenvalue weighted by Crippen LogP contribution is 1.91. The number of rotatable bonds is 7. The summed E-state index contributed by atoms with van der Waals surface area (Å²) in [6.07, 6.45) is 5.18. The van der Waals surface area contributed by atoms with Crippen LogP contribution in [0.25, 0.3) is 0 Å². The second kappa shape index (κ2) is 7.70. The van der Waals surface area contributed by atoms with Crippen LogP contribution in [0.1, 0.15) is 13.3 Å². The van der Waals surface area contributed by atoms with Crippen LogP contribution in [0.5, 0.6) is 0 Å². The molecule has 0 fully saturated rings. The molecule has 0 saturated carbocycles. The van der Waals surface area contributed by atoms with Crippen LogP contribution in [-0.2, 0) is 15.6 Å². The van der Waals surface area contributed by atoms with Crippen LogP contribution < -0.4 is 5.32 Å². The third-order valence-electron chi connectivity index (χ3n) is 1.68. The second-order valence-corrected chi connectivity index (χ2v) is 4.67. The van der Waals surface area contributed by atoms with Gasteiger partial charge in [-0.25, -0.2) is 4.79 Å². The van der Waals surface area contributed by atoms with Crippen molar-refractivity contribution >= 4 is 16.8 Å². The molecule has 0 bridgehead atoms. The zero-order valence-corrected chi connectivity index (χ0v) is 9.34. The molecule has 0 heterocycles. The number of hydrogen-bond donors (Lipinski definition) is 2. The van der Waals surface area contributed by atoms with E-state index < -0.39 is 16.8 Å². The van der Waals surface area contributed by atoms with Crippen molar-refractivity contribution in [1.29, 1.82) is 0 Å². The maximum Gasteiger partial charge on any atom is 0.328 e. The average molecular weight is 219 g/mol. The second-order valence-electron chi connectivity index (χ2n) is 3.12. The van der Waals surface area contributed by atoms with E-state index in [1.807, 2.05) is 6.92 Å². The molecule has 14 heavy (non-hydrogen) atoms. The highest BCUT2D eigenvalue weighted by molar-refractivity contribution is 7.84. The van der Waals surface area contributed by atoms with Crippen molar-refractivity contribution in [3.05, 3.63) is 12.2 Å². The van der Waals surface area contributed by atoms with Crippen molar-refractivity contribution in [2.24, 2.45) is 0 Å². The fraction of sp³-hybridized carbons (Fsp3) is 0.667. The third-order valence-corrected chi connectivity index (χ3v) is 2.49. The van der Waals surface area contributed by atoms with Crippen molar-refractivity contribution in [1.82, 2.24) is 5.32 Å². The van der Waals surface area contributed by atoms with Gasteiger partial charge < -0.3 is 10.4 Å². The number of carboxylic acids is 1. The molecular weight excluding hydrogens is 202 g/mol. The summed E-state index contributed by atoms with van der Waals surface area (Å²) in [5, 5.41) is 11.4. The highest BCUT2D eigenvalue weighted by atomic mass is 32.2. The SMILES string of the molecule is CC(CCS(C)=O)NC/C=C/C(=O)O. The van der Waals surface area contributed by atoms with E-state index in [2.05, 4.69) is 5.32 Å². The van der Waals surface area contributed by atoms with Gasteiger partial charge in [-0.05, 0) is 13.3 Å². The van der Waals surface area contributed by atoms with E-state index in [0.29, 0.717) is 12.3 Å². The normalized spacial score (nSPS) is 15.6. The van der Waals surface area contributed by atoms with Crippen LogP contribution in [-0.4, -0.2) is 39.9 Å². The lowest BCUT2D eigenvalue weighted by molar-refractivity contribution is -0.131. The summed E-state index contributed by atoms with van der Waals surface area (Å²) in [5.74, 6) is -0.259. The predicted octanol–water partition coefficient (Wildman–Crippen LogP) is 0.374. The van der Waals surface area contributed by atoms with E-state index >= 15 is 0 Å². The summed E-state index contributed by atoms with van der Waals surface area (Å²) in [6.45, 7) is 2.52. The van der Waals surface area contributed by atoms with Crippen molar-refractivity contribution in [3.63, 3.8) is 0 Å². The summed E-state index contributed by atoms with van der Waals surface area (Å²) in [4.78, 5) is 10.1. The maximum atomic E-state index is 10.8. The average Bonchev–Trinajstić information content (AvgIpc) is 2.08. The largest absolute Gasteiger partial charge is 0.478 e.